The van der Waals surface area contributed by atoms with Crippen LogP contribution in [-0.2, 0) is 13.1 Å². The molecule has 254 valence electrons. The van der Waals surface area contributed by atoms with E-state index in [4.69, 9.17) is 39.5 Å². The van der Waals surface area contributed by atoms with Crippen molar-refractivity contribution in [1.29, 1.82) is 0 Å². The van der Waals surface area contributed by atoms with Crippen LogP contribution in [0.25, 0.3) is 0 Å². The van der Waals surface area contributed by atoms with E-state index in [1.165, 1.54) is 60.5 Å². The van der Waals surface area contributed by atoms with E-state index >= 15 is 0 Å². The second-order valence-electron chi connectivity index (χ2n) is 11.2. The molecule has 2 N–H and O–H groups in total. The summed E-state index contributed by atoms with van der Waals surface area (Å²) in [6, 6.07) is 24.2. The second-order valence-corrected chi connectivity index (χ2v) is 12.5. The van der Waals surface area contributed by atoms with Crippen molar-refractivity contribution in [3.05, 3.63) is 118 Å². The summed E-state index contributed by atoms with van der Waals surface area (Å²) in [7, 11) is 0. The molecule has 0 aliphatic carbocycles. The van der Waals surface area contributed by atoms with Gasteiger partial charge in [0.25, 0.3) is 0 Å². The van der Waals surface area contributed by atoms with Crippen molar-refractivity contribution in [3.63, 3.8) is 0 Å². The summed E-state index contributed by atoms with van der Waals surface area (Å²) in [6.45, 7) is 7.54. The number of nitrogens with one attached hydrogen (secondary N) is 2. The molecule has 0 saturated heterocycles. The maximum absolute atomic E-state index is 12.3. The van der Waals surface area contributed by atoms with Gasteiger partial charge in [-0.1, -0.05) is 128 Å². The predicted octanol–water partition coefficient (Wildman–Crippen LogP) is 9.51. The van der Waals surface area contributed by atoms with Crippen LogP contribution in [0.1, 0.15) is 63.0 Å². The SMILES string of the molecule is CCCN(CCOc1c(Cl)cc(Cl)cc1Cl)C(=O)n1ccnc1.c1ccc(CNCCCCCCCCNCc2ccccc2)cc1. The van der Waals surface area contributed by atoms with E-state index in [1.807, 2.05) is 6.92 Å². The Morgan fingerprint density at radius 3 is 1.81 bits per heavy atom. The first-order chi connectivity index (χ1) is 23.0. The average Bonchev–Trinajstić information content (AvgIpc) is 3.62. The summed E-state index contributed by atoms with van der Waals surface area (Å²) in [5, 5.41) is 8.17. The Balaban J connectivity index is 0.000000256. The highest BCUT2D eigenvalue weighted by molar-refractivity contribution is 6.40. The van der Waals surface area contributed by atoms with Gasteiger partial charge in [0.1, 0.15) is 12.9 Å². The van der Waals surface area contributed by atoms with Crippen LogP contribution < -0.4 is 15.4 Å². The Hall–Kier alpha value is -3.07. The quantitative estimate of drug-likeness (QED) is 0.0954. The molecule has 0 bridgehead atoms. The van der Waals surface area contributed by atoms with Crippen molar-refractivity contribution in [3.8, 4) is 5.75 Å². The van der Waals surface area contributed by atoms with Gasteiger partial charge in [-0.3, -0.25) is 4.57 Å². The third-order valence-corrected chi connectivity index (χ3v) is 8.14. The van der Waals surface area contributed by atoms with Crippen molar-refractivity contribution in [2.45, 2.75) is 65.0 Å². The molecule has 1 heterocycles. The van der Waals surface area contributed by atoms with E-state index in [2.05, 4.69) is 76.3 Å². The monoisotopic (exact) mass is 699 g/mol. The maximum Gasteiger partial charge on any atom is 0.329 e. The van der Waals surface area contributed by atoms with Crippen LogP contribution >= 0.6 is 34.8 Å². The molecule has 0 spiro atoms. The zero-order chi connectivity index (χ0) is 33.5. The molecule has 3 aromatic carbocycles. The Morgan fingerprint density at radius 1 is 0.787 bits per heavy atom. The minimum Gasteiger partial charge on any atom is -0.489 e. The van der Waals surface area contributed by atoms with Gasteiger partial charge in [0.05, 0.1) is 16.6 Å². The zero-order valence-corrected chi connectivity index (χ0v) is 29.6. The average molecular weight is 701 g/mol. The predicted molar refractivity (Wildman–Crippen MR) is 196 cm³/mol. The molecule has 0 aliphatic rings. The molecule has 10 heteroatoms. The number of halogens is 3. The summed E-state index contributed by atoms with van der Waals surface area (Å²) in [6.07, 6.45) is 13.5. The van der Waals surface area contributed by atoms with Crippen molar-refractivity contribution in [2.75, 3.05) is 32.8 Å². The lowest BCUT2D eigenvalue weighted by Crippen LogP contribution is -2.37. The molecule has 47 heavy (non-hydrogen) atoms. The molecule has 1 amide bonds. The lowest BCUT2D eigenvalue weighted by atomic mass is 10.1. The number of ether oxygens (including phenoxy) is 1. The third kappa shape index (κ3) is 15.6. The molecule has 0 fully saturated rings. The highest BCUT2D eigenvalue weighted by Crippen LogP contribution is 2.35. The number of hydrogen-bond acceptors (Lipinski definition) is 5. The smallest absolute Gasteiger partial charge is 0.329 e. The minimum atomic E-state index is -0.152. The molecular weight excluding hydrogens is 653 g/mol. The number of benzene rings is 3. The van der Waals surface area contributed by atoms with Gasteiger partial charge in [-0.25, -0.2) is 9.78 Å². The number of hydrogen-bond donors (Lipinski definition) is 2. The number of amides is 1. The van der Waals surface area contributed by atoms with Gasteiger partial charge in [0.15, 0.2) is 5.75 Å². The molecule has 0 unspecified atom stereocenters. The first-order valence-corrected chi connectivity index (χ1v) is 17.6. The highest BCUT2D eigenvalue weighted by Gasteiger charge is 2.15. The van der Waals surface area contributed by atoms with E-state index in [0.717, 1.165) is 32.6 Å². The number of imidazole rings is 1. The highest BCUT2D eigenvalue weighted by atomic mass is 35.5. The Bertz CT molecular complexity index is 1320. The molecule has 1 aromatic heterocycles. The summed E-state index contributed by atoms with van der Waals surface area (Å²) in [5.41, 5.74) is 2.75. The lowest BCUT2D eigenvalue weighted by molar-refractivity contribution is 0.184. The molecular formula is C37H48Cl3N5O2. The van der Waals surface area contributed by atoms with E-state index in [-0.39, 0.29) is 12.6 Å². The summed E-state index contributed by atoms with van der Waals surface area (Å²) >= 11 is 18.0. The van der Waals surface area contributed by atoms with Crippen LogP contribution in [0.5, 0.6) is 5.75 Å². The van der Waals surface area contributed by atoms with Crippen molar-refractivity contribution < 1.29 is 9.53 Å². The molecule has 4 aromatic rings. The van der Waals surface area contributed by atoms with Crippen molar-refractivity contribution in [2.24, 2.45) is 0 Å². The van der Waals surface area contributed by atoms with E-state index < -0.39 is 0 Å². The Labute approximate surface area is 295 Å². The fourth-order valence-electron chi connectivity index (χ4n) is 4.90. The van der Waals surface area contributed by atoms with Crippen LogP contribution in [0.2, 0.25) is 15.1 Å². The van der Waals surface area contributed by atoms with Crippen LogP contribution in [-0.4, -0.2) is 53.3 Å². The zero-order valence-electron chi connectivity index (χ0n) is 27.4. The molecule has 0 aliphatic heterocycles. The summed E-state index contributed by atoms with van der Waals surface area (Å²) in [4.78, 5) is 17.9. The van der Waals surface area contributed by atoms with Gasteiger partial charge in [-0.05, 0) is 55.6 Å². The number of nitrogens with zero attached hydrogens (tertiary/aromatic N) is 3. The number of aromatic nitrogens is 2. The standard InChI is InChI=1S/C22H32N2.C15H16Cl3N3O2/c1(3-11-17-23-19-21-13-7-5-8-14-21)2-4-12-18-24-20-22-15-9-6-10-16-22;1-2-4-20(15(22)21-5-3-19-10-21)6-7-23-14-12(17)8-11(16)9-13(14)18/h5-10,13-16,23-24H,1-4,11-12,17-20H2;3,5,8-10H,2,4,6-7H2,1H3. The largest absolute Gasteiger partial charge is 0.489 e. The topological polar surface area (TPSA) is 71.4 Å². The van der Waals surface area contributed by atoms with Crippen LogP contribution in [0, 0.1) is 0 Å². The van der Waals surface area contributed by atoms with Crippen molar-refractivity contribution >= 4 is 40.8 Å². The van der Waals surface area contributed by atoms with Crippen LogP contribution in [0.4, 0.5) is 4.79 Å². The number of carbonyl (C=O) groups is 1. The maximum atomic E-state index is 12.3. The molecule has 0 radical (unpaired) electrons. The molecule has 0 saturated carbocycles. The molecule has 4 rings (SSSR count). The van der Waals surface area contributed by atoms with Gasteiger partial charge in [-0.2, -0.15) is 0 Å². The number of carbonyl (C=O) groups excluding carboxylic acids is 1. The minimum absolute atomic E-state index is 0.152. The fraction of sp³-hybridized carbons (Fsp3) is 0.405. The van der Waals surface area contributed by atoms with Crippen LogP contribution in [0.3, 0.4) is 0 Å². The Kier molecular flexibility index (Phi) is 19.0. The first-order valence-electron chi connectivity index (χ1n) is 16.5. The molecule has 0 atom stereocenters. The molecule has 7 nitrogen and oxygen atoms in total. The normalized spacial score (nSPS) is 10.7. The van der Waals surface area contributed by atoms with E-state index in [9.17, 15) is 4.79 Å². The van der Waals surface area contributed by atoms with Gasteiger partial charge >= 0.3 is 6.03 Å². The summed E-state index contributed by atoms with van der Waals surface area (Å²) < 4.78 is 7.05. The number of unbranched alkanes of at least 4 members (excludes halogenated alkanes) is 5. The lowest BCUT2D eigenvalue weighted by Gasteiger charge is -2.22. The van der Waals surface area contributed by atoms with Crippen LogP contribution in [0.15, 0.2) is 91.5 Å². The number of rotatable bonds is 19. The first kappa shape index (κ1) is 38.4. The van der Waals surface area contributed by atoms with Gasteiger partial charge < -0.3 is 20.3 Å². The second kappa shape index (κ2) is 23.3. The third-order valence-electron chi connectivity index (χ3n) is 7.36. The van der Waals surface area contributed by atoms with Gasteiger partial charge in [0.2, 0.25) is 0 Å². The van der Waals surface area contributed by atoms with E-state index in [1.54, 1.807) is 29.4 Å². The van der Waals surface area contributed by atoms with E-state index in [0.29, 0.717) is 33.9 Å². The van der Waals surface area contributed by atoms with Crippen molar-refractivity contribution in [1.82, 2.24) is 25.1 Å². The summed E-state index contributed by atoms with van der Waals surface area (Å²) in [5.74, 6) is 0.365. The fourth-order valence-corrected chi connectivity index (χ4v) is 5.82. The van der Waals surface area contributed by atoms with Gasteiger partial charge in [0, 0.05) is 37.1 Å². The Morgan fingerprint density at radius 2 is 1.32 bits per heavy atom. The van der Waals surface area contributed by atoms with Gasteiger partial charge in [-0.15, -0.1) is 0 Å².